The molecule has 0 saturated heterocycles. The fourth-order valence-corrected chi connectivity index (χ4v) is 3.34. The maximum atomic E-state index is 5.81. The van der Waals surface area contributed by atoms with E-state index in [1.807, 2.05) is 18.2 Å². The number of benzene rings is 1. The van der Waals surface area contributed by atoms with E-state index in [9.17, 15) is 0 Å². The Labute approximate surface area is 120 Å². The SMILES string of the molecule is CC1CCCCC1N(C)Cc1nc2ccc(N)cc2o1. The molecule has 108 valence electrons. The highest BCUT2D eigenvalue weighted by Crippen LogP contribution is 2.28. The number of nitrogens with two attached hydrogens (primary N) is 1. The van der Waals surface area contributed by atoms with Crippen molar-refractivity contribution in [2.24, 2.45) is 5.92 Å². The second kappa shape index (κ2) is 5.44. The van der Waals surface area contributed by atoms with E-state index >= 15 is 0 Å². The Morgan fingerprint density at radius 3 is 2.95 bits per heavy atom. The van der Waals surface area contributed by atoms with Gasteiger partial charge in [0.25, 0.3) is 0 Å². The zero-order valence-corrected chi connectivity index (χ0v) is 12.3. The largest absolute Gasteiger partial charge is 0.439 e. The van der Waals surface area contributed by atoms with E-state index in [-0.39, 0.29) is 0 Å². The van der Waals surface area contributed by atoms with Crippen LogP contribution in [-0.4, -0.2) is 23.0 Å². The number of nitrogen functional groups attached to an aromatic ring is 1. The topological polar surface area (TPSA) is 55.3 Å². The monoisotopic (exact) mass is 273 g/mol. The number of fused-ring (bicyclic) bond motifs is 1. The average Bonchev–Trinajstić information content (AvgIpc) is 2.80. The Morgan fingerprint density at radius 2 is 2.15 bits per heavy atom. The molecule has 0 bridgehead atoms. The molecule has 4 heteroatoms. The summed E-state index contributed by atoms with van der Waals surface area (Å²) < 4.78 is 5.81. The summed E-state index contributed by atoms with van der Waals surface area (Å²) in [6, 6.07) is 6.26. The molecule has 1 fully saturated rings. The van der Waals surface area contributed by atoms with Gasteiger partial charge in [0.2, 0.25) is 5.89 Å². The van der Waals surface area contributed by atoms with Gasteiger partial charge in [-0.05, 0) is 37.9 Å². The number of nitrogens with zero attached hydrogens (tertiary/aromatic N) is 2. The summed E-state index contributed by atoms with van der Waals surface area (Å²) >= 11 is 0. The zero-order valence-electron chi connectivity index (χ0n) is 12.3. The van der Waals surface area contributed by atoms with Crippen LogP contribution in [0.25, 0.3) is 11.1 Å². The van der Waals surface area contributed by atoms with Gasteiger partial charge in [0.1, 0.15) is 5.52 Å². The standard InChI is InChI=1S/C16H23N3O/c1-11-5-3-4-6-14(11)19(2)10-16-18-13-8-7-12(17)9-15(13)20-16/h7-9,11,14H,3-6,10,17H2,1-2H3. The molecular formula is C16H23N3O. The van der Waals surface area contributed by atoms with Gasteiger partial charge >= 0.3 is 0 Å². The van der Waals surface area contributed by atoms with Crippen molar-refractivity contribution >= 4 is 16.8 Å². The molecule has 0 spiro atoms. The third-order valence-electron chi connectivity index (χ3n) is 4.47. The van der Waals surface area contributed by atoms with E-state index in [2.05, 4.69) is 23.9 Å². The molecule has 0 amide bonds. The molecular weight excluding hydrogens is 250 g/mol. The first-order valence-electron chi connectivity index (χ1n) is 7.48. The number of hydrogen-bond acceptors (Lipinski definition) is 4. The third-order valence-corrected chi connectivity index (χ3v) is 4.47. The molecule has 2 N–H and O–H groups in total. The minimum absolute atomic E-state index is 0.642. The fourth-order valence-electron chi connectivity index (χ4n) is 3.34. The lowest BCUT2D eigenvalue weighted by molar-refractivity contribution is 0.124. The number of anilines is 1. The van der Waals surface area contributed by atoms with Crippen LogP contribution in [0, 0.1) is 5.92 Å². The molecule has 3 rings (SSSR count). The number of aromatic nitrogens is 1. The molecule has 1 saturated carbocycles. The summed E-state index contributed by atoms with van der Waals surface area (Å²) in [5, 5.41) is 0. The second-order valence-corrected chi connectivity index (χ2v) is 6.08. The molecule has 0 aliphatic heterocycles. The molecule has 1 aliphatic carbocycles. The van der Waals surface area contributed by atoms with Crippen molar-refractivity contribution < 1.29 is 4.42 Å². The van der Waals surface area contributed by atoms with E-state index in [0.29, 0.717) is 6.04 Å². The Kier molecular flexibility index (Phi) is 3.66. The third kappa shape index (κ3) is 2.66. The fraction of sp³-hybridized carbons (Fsp3) is 0.562. The molecule has 20 heavy (non-hydrogen) atoms. The molecule has 1 aliphatic rings. The minimum atomic E-state index is 0.642. The smallest absolute Gasteiger partial charge is 0.209 e. The molecule has 4 nitrogen and oxygen atoms in total. The van der Waals surface area contributed by atoms with Gasteiger partial charge in [-0.2, -0.15) is 0 Å². The normalized spacial score (nSPS) is 23.6. The minimum Gasteiger partial charge on any atom is -0.439 e. The van der Waals surface area contributed by atoms with Crippen molar-refractivity contribution in [3.8, 4) is 0 Å². The van der Waals surface area contributed by atoms with Crippen molar-refractivity contribution in [1.29, 1.82) is 0 Å². The van der Waals surface area contributed by atoms with Crippen LogP contribution in [0.1, 0.15) is 38.5 Å². The summed E-state index contributed by atoms with van der Waals surface area (Å²) in [4.78, 5) is 6.94. The summed E-state index contributed by atoms with van der Waals surface area (Å²) in [5.74, 6) is 1.54. The van der Waals surface area contributed by atoms with Gasteiger partial charge < -0.3 is 10.2 Å². The van der Waals surface area contributed by atoms with E-state index in [1.54, 1.807) is 0 Å². The van der Waals surface area contributed by atoms with E-state index in [1.165, 1.54) is 25.7 Å². The van der Waals surface area contributed by atoms with E-state index < -0.39 is 0 Å². The van der Waals surface area contributed by atoms with Crippen LogP contribution in [0.5, 0.6) is 0 Å². The van der Waals surface area contributed by atoms with Crippen molar-refractivity contribution in [3.05, 3.63) is 24.1 Å². The first-order valence-corrected chi connectivity index (χ1v) is 7.48. The Morgan fingerprint density at radius 1 is 1.35 bits per heavy atom. The second-order valence-electron chi connectivity index (χ2n) is 6.08. The Hall–Kier alpha value is -1.55. The number of oxazole rings is 1. The van der Waals surface area contributed by atoms with Crippen LogP contribution in [0.15, 0.2) is 22.6 Å². The molecule has 2 atom stereocenters. The van der Waals surface area contributed by atoms with Crippen LogP contribution in [-0.2, 0) is 6.54 Å². The zero-order chi connectivity index (χ0) is 14.1. The molecule has 1 heterocycles. The highest BCUT2D eigenvalue weighted by Gasteiger charge is 2.25. The van der Waals surface area contributed by atoms with Crippen LogP contribution in [0.2, 0.25) is 0 Å². The maximum Gasteiger partial charge on any atom is 0.209 e. The summed E-state index contributed by atoms with van der Waals surface area (Å²) in [6.07, 6.45) is 5.32. The lowest BCUT2D eigenvalue weighted by atomic mass is 9.85. The van der Waals surface area contributed by atoms with Crippen molar-refractivity contribution in [3.63, 3.8) is 0 Å². The molecule has 1 aromatic heterocycles. The summed E-state index contributed by atoms with van der Waals surface area (Å²) in [7, 11) is 2.18. The molecule has 1 aromatic carbocycles. The quantitative estimate of drug-likeness (QED) is 0.871. The van der Waals surface area contributed by atoms with Crippen LogP contribution < -0.4 is 5.73 Å². The number of rotatable bonds is 3. The predicted octanol–water partition coefficient (Wildman–Crippen LogP) is 3.42. The van der Waals surface area contributed by atoms with E-state index in [0.717, 1.165) is 35.1 Å². The number of hydrogen-bond donors (Lipinski definition) is 1. The van der Waals surface area contributed by atoms with Gasteiger partial charge in [-0.15, -0.1) is 0 Å². The lowest BCUT2D eigenvalue weighted by Crippen LogP contribution is -2.38. The summed E-state index contributed by atoms with van der Waals surface area (Å²) in [6.45, 7) is 3.12. The maximum absolute atomic E-state index is 5.81. The average molecular weight is 273 g/mol. The van der Waals surface area contributed by atoms with Gasteiger partial charge in [0, 0.05) is 17.8 Å². The first-order chi connectivity index (χ1) is 9.63. The van der Waals surface area contributed by atoms with Crippen molar-refractivity contribution in [1.82, 2.24) is 9.88 Å². The Balaban J connectivity index is 1.75. The summed E-state index contributed by atoms with van der Waals surface area (Å²) in [5.41, 5.74) is 8.16. The highest BCUT2D eigenvalue weighted by atomic mass is 16.3. The van der Waals surface area contributed by atoms with Crippen molar-refractivity contribution in [2.75, 3.05) is 12.8 Å². The van der Waals surface area contributed by atoms with Gasteiger partial charge in [-0.25, -0.2) is 4.98 Å². The predicted molar refractivity (Wildman–Crippen MR) is 81.3 cm³/mol. The van der Waals surface area contributed by atoms with Crippen LogP contribution >= 0.6 is 0 Å². The molecule has 0 radical (unpaired) electrons. The molecule has 2 aromatic rings. The van der Waals surface area contributed by atoms with Crippen LogP contribution in [0.3, 0.4) is 0 Å². The van der Waals surface area contributed by atoms with Crippen LogP contribution in [0.4, 0.5) is 5.69 Å². The Bertz CT molecular complexity index is 592. The lowest BCUT2D eigenvalue weighted by Gasteiger charge is -2.35. The first kappa shape index (κ1) is 13.4. The van der Waals surface area contributed by atoms with Gasteiger partial charge in [-0.1, -0.05) is 19.8 Å². The highest BCUT2D eigenvalue weighted by molar-refractivity contribution is 5.76. The van der Waals surface area contributed by atoms with Crippen molar-refractivity contribution in [2.45, 2.75) is 45.2 Å². The van der Waals surface area contributed by atoms with E-state index in [4.69, 9.17) is 10.2 Å². The van der Waals surface area contributed by atoms with Gasteiger partial charge in [0.15, 0.2) is 5.58 Å². The van der Waals surface area contributed by atoms with Gasteiger partial charge in [-0.3, -0.25) is 4.90 Å². The van der Waals surface area contributed by atoms with Gasteiger partial charge in [0.05, 0.1) is 6.54 Å². The molecule has 2 unspecified atom stereocenters.